The van der Waals surface area contributed by atoms with Crippen molar-refractivity contribution < 1.29 is 32.9 Å². The van der Waals surface area contributed by atoms with E-state index in [1.165, 1.54) is 38.5 Å². The number of phosphoric ester groups is 1. The molecule has 0 saturated carbocycles. The van der Waals surface area contributed by atoms with E-state index in [1.807, 2.05) is 27.2 Å². The van der Waals surface area contributed by atoms with Gasteiger partial charge < -0.3 is 19.8 Å². The Labute approximate surface area is 349 Å². The van der Waals surface area contributed by atoms with Crippen LogP contribution in [-0.4, -0.2) is 73.4 Å². The molecule has 3 unspecified atom stereocenters. The first-order chi connectivity index (χ1) is 27.5. The van der Waals surface area contributed by atoms with Gasteiger partial charge in [0.1, 0.15) is 13.2 Å². The standard InChI is InChI=1S/C48H83N2O6P/c1-6-8-10-12-14-16-18-20-21-22-23-24-25-26-27-28-29-30-32-34-36-38-40-42-48(52)49-46(45-56-57(53,54)55-44-43-50(3,4)5)47(51)41-39-37-35-33-31-19-17-15-13-11-9-7-2/h8,10,14,16,20-21,23-24,26-27,29-31,33,39,41,46-47,51H,6-7,9,11-13,15,17-19,22,25,28,32,34-38,40,42-45H2,1-5H3,(H-,49,52,53,54)/p+1/b10-8-,16-14-,21-20-,24-23-,27-26-,30-29-,33-31+,41-39+. The van der Waals surface area contributed by atoms with Gasteiger partial charge in [0.2, 0.25) is 5.91 Å². The number of unbranched alkanes of at least 4 members (excludes halogenated alkanes) is 11. The number of rotatable bonds is 38. The van der Waals surface area contributed by atoms with E-state index in [1.54, 1.807) is 6.08 Å². The zero-order chi connectivity index (χ0) is 42.1. The highest BCUT2D eigenvalue weighted by Gasteiger charge is 2.27. The number of hydrogen-bond donors (Lipinski definition) is 3. The minimum absolute atomic E-state index is 0.0449. The number of aliphatic hydroxyl groups is 1. The molecule has 3 atom stereocenters. The number of nitrogens with one attached hydrogen (secondary N) is 1. The monoisotopic (exact) mass is 816 g/mol. The molecule has 0 heterocycles. The molecule has 0 radical (unpaired) electrons. The summed E-state index contributed by atoms with van der Waals surface area (Å²) in [6.45, 7) is 4.60. The third kappa shape index (κ3) is 41.4. The zero-order valence-corrected chi connectivity index (χ0v) is 37.7. The van der Waals surface area contributed by atoms with Gasteiger partial charge in [0.15, 0.2) is 0 Å². The van der Waals surface area contributed by atoms with Gasteiger partial charge in [-0.15, -0.1) is 0 Å². The van der Waals surface area contributed by atoms with Crippen LogP contribution in [0.1, 0.15) is 149 Å². The Morgan fingerprint density at radius 2 is 1.07 bits per heavy atom. The molecule has 0 aliphatic carbocycles. The molecule has 8 nitrogen and oxygen atoms in total. The Bertz CT molecular complexity index is 1240. The molecule has 0 aliphatic heterocycles. The summed E-state index contributed by atoms with van der Waals surface area (Å²) >= 11 is 0. The van der Waals surface area contributed by atoms with E-state index >= 15 is 0 Å². The molecule has 3 N–H and O–H groups in total. The van der Waals surface area contributed by atoms with Gasteiger partial charge in [0.25, 0.3) is 0 Å². The van der Waals surface area contributed by atoms with Crippen LogP contribution in [0.3, 0.4) is 0 Å². The van der Waals surface area contributed by atoms with Crippen LogP contribution in [0.15, 0.2) is 97.2 Å². The first kappa shape index (κ1) is 54.4. The lowest BCUT2D eigenvalue weighted by molar-refractivity contribution is -0.870. The second kappa shape index (κ2) is 38.9. The van der Waals surface area contributed by atoms with Crippen LogP contribution in [0, 0.1) is 0 Å². The number of likely N-dealkylation sites (N-methyl/N-ethyl adjacent to an activating group) is 1. The van der Waals surface area contributed by atoms with Crippen LogP contribution in [0.5, 0.6) is 0 Å². The number of hydrogen-bond acceptors (Lipinski definition) is 5. The highest BCUT2D eigenvalue weighted by Crippen LogP contribution is 2.43. The number of carbonyl (C=O) groups is 1. The summed E-state index contributed by atoms with van der Waals surface area (Å²) in [5, 5.41) is 13.8. The van der Waals surface area contributed by atoms with Crippen LogP contribution in [0.25, 0.3) is 0 Å². The number of aliphatic hydroxyl groups excluding tert-OH is 1. The molecule has 0 fully saturated rings. The first-order valence-electron chi connectivity index (χ1n) is 22.1. The Morgan fingerprint density at radius 3 is 1.61 bits per heavy atom. The van der Waals surface area contributed by atoms with Crippen LogP contribution in [-0.2, 0) is 18.4 Å². The van der Waals surface area contributed by atoms with Crippen molar-refractivity contribution in [3.05, 3.63) is 97.2 Å². The van der Waals surface area contributed by atoms with Gasteiger partial charge in [-0.1, -0.05) is 156 Å². The Balaban J connectivity index is 4.49. The van der Waals surface area contributed by atoms with E-state index in [0.29, 0.717) is 17.4 Å². The van der Waals surface area contributed by atoms with Crippen molar-refractivity contribution >= 4 is 13.7 Å². The third-order valence-corrected chi connectivity index (χ3v) is 10.0. The fraction of sp³-hybridized carbons (Fsp3) is 0.646. The number of amides is 1. The molecule has 9 heteroatoms. The molecule has 0 aliphatic rings. The van der Waals surface area contributed by atoms with E-state index in [9.17, 15) is 19.4 Å². The molecule has 0 saturated heterocycles. The quantitative estimate of drug-likeness (QED) is 0.0248. The first-order valence-corrected chi connectivity index (χ1v) is 23.6. The number of allylic oxidation sites excluding steroid dienone is 15. The Morgan fingerprint density at radius 1 is 0.614 bits per heavy atom. The molecule has 1 amide bonds. The molecule has 0 aromatic heterocycles. The van der Waals surface area contributed by atoms with Crippen molar-refractivity contribution in [2.45, 2.75) is 161 Å². The minimum Gasteiger partial charge on any atom is -0.387 e. The van der Waals surface area contributed by atoms with E-state index < -0.39 is 20.0 Å². The summed E-state index contributed by atoms with van der Waals surface area (Å²) in [5.74, 6) is -0.218. The molecular weight excluding hydrogens is 732 g/mol. The summed E-state index contributed by atoms with van der Waals surface area (Å²) < 4.78 is 23.5. The smallest absolute Gasteiger partial charge is 0.387 e. The minimum atomic E-state index is -4.36. The maximum atomic E-state index is 12.9. The topological polar surface area (TPSA) is 105 Å². The number of quaternary nitrogens is 1. The van der Waals surface area contributed by atoms with Gasteiger partial charge >= 0.3 is 7.82 Å². The van der Waals surface area contributed by atoms with E-state index in [2.05, 4.69) is 104 Å². The predicted molar refractivity (Wildman–Crippen MR) is 244 cm³/mol. The molecular formula is C48H84N2O6P+. The lowest BCUT2D eigenvalue weighted by atomic mass is 10.1. The fourth-order valence-electron chi connectivity index (χ4n) is 5.53. The Kier molecular flexibility index (Phi) is 37.2. The van der Waals surface area contributed by atoms with Crippen LogP contribution < -0.4 is 5.32 Å². The van der Waals surface area contributed by atoms with Crippen LogP contribution in [0.2, 0.25) is 0 Å². The number of carbonyl (C=O) groups excluding carboxylic acids is 1. The maximum Gasteiger partial charge on any atom is 0.472 e. The SMILES string of the molecule is CC/C=C\C/C=C\C/C=C\C/C=C\C/C=C\C/C=C\CCCCCCC(=O)NC(COP(=O)(O)OCC[N+](C)(C)C)C(O)/C=C/CC/C=C/CCCCCCCC. The van der Waals surface area contributed by atoms with E-state index in [0.717, 1.165) is 89.9 Å². The van der Waals surface area contributed by atoms with E-state index in [-0.39, 0.29) is 19.1 Å². The average molecular weight is 816 g/mol. The van der Waals surface area contributed by atoms with Gasteiger partial charge in [-0.25, -0.2) is 4.57 Å². The number of phosphoric acid groups is 1. The van der Waals surface area contributed by atoms with Gasteiger partial charge in [0.05, 0.1) is 39.9 Å². The molecule has 0 bridgehead atoms. The highest BCUT2D eigenvalue weighted by molar-refractivity contribution is 7.47. The van der Waals surface area contributed by atoms with Crippen molar-refractivity contribution in [1.82, 2.24) is 5.32 Å². The van der Waals surface area contributed by atoms with Crippen molar-refractivity contribution in [3.8, 4) is 0 Å². The molecule has 0 rings (SSSR count). The summed E-state index contributed by atoms with van der Waals surface area (Å²) in [6, 6.07) is -0.882. The lowest BCUT2D eigenvalue weighted by Gasteiger charge is -2.25. The normalized spacial score (nSPS) is 15.3. The molecule has 57 heavy (non-hydrogen) atoms. The van der Waals surface area contributed by atoms with Gasteiger partial charge in [-0.2, -0.15) is 0 Å². The van der Waals surface area contributed by atoms with Crippen LogP contribution in [0.4, 0.5) is 0 Å². The van der Waals surface area contributed by atoms with Gasteiger partial charge in [0, 0.05) is 6.42 Å². The molecule has 0 aromatic rings. The molecule has 326 valence electrons. The fourth-order valence-corrected chi connectivity index (χ4v) is 6.26. The van der Waals surface area contributed by atoms with Crippen molar-refractivity contribution in [1.29, 1.82) is 0 Å². The summed E-state index contributed by atoms with van der Waals surface area (Å²) in [6.07, 6.45) is 54.8. The van der Waals surface area contributed by atoms with Gasteiger partial charge in [-0.05, 0) is 83.5 Å². The summed E-state index contributed by atoms with van der Waals surface area (Å²) in [5.41, 5.74) is 0. The van der Waals surface area contributed by atoms with Crippen LogP contribution >= 0.6 is 7.82 Å². The van der Waals surface area contributed by atoms with Crippen molar-refractivity contribution in [2.75, 3.05) is 40.9 Å². The predicted octanol–water partition coefficient (Wildman–Crippen LogP) is 12.4. The second-order valence-electron chi connectivity index (χ2n) is 15.7. The average Bonchev–Trinajstić information content (AvgIpc) is 3.16. The maximum absolute atomic E-state index is 12.9. The van der Waals surface area contributed by atoms with Crippen molar-refractivity contribution in [3.63, 3.8) is 0 Å². The van der Waals surface area contributed by atoms with E-state index in [4.69, 9.17) is 9.05 Å². The lowest BCUT2D eigenvalue weighted by Crippen LogP contribution is -2.45. The Hall–Kier alpha value is -2.58. The summed E-state index contributed by atoms with van der Waals surface area (Å²) in [7, 11) is 1.51. The molecule has 0 spiro atoms. The molecule has 0 aromatic carbocycles. The largest absolute Gasteiger partial charge is 0.472 e. The van der Waals surface area contributed by atoms with Gasteiger partial charge in [-0.3, -0.25) is 13.8 Å². The third-order valence-electron chi connectivity index (χ3n) is 9.04. The number of nitrogens with zero attached hydrogens (tertiary/aromatic N) is 1. The highest BCUT2D eigenvalue weighted by atomic mass is 31.2. The second-order valence-corrected chi connectivity index (χ2v) is 17.1. The van der Waals surface area contributed by atoms with Crippen molar-refractivity contribution in [2.24, 2.45) is 0 Å². The zero-order valence-electron chi connectivity index (χ0n) is 36.8. The summed E-state index contributed by atoms with van der Waals surface area (Å²) in [4.78, 5) is 23.1.